The van der Waals surface area contributed by atoms with Crippen LogP contribution in [0, 0.1) is 6.92 Å². The number of aryl methyl sites for hydroxylation is 1. The molecule has 1 heterocycles. The molecule has 2 rings (SSSR count). The van der Waals surface area contributed by atoms with Crippen LogP contribution in [0.2, 0.25) is 10.0 Å². The molecule has 108 valence electrons. The van der Waals surface area contributed by atoms with Gasteiger partial charge in [0.2, 0.25) is 0 Å². The molecule has 1 atom stereocenters. The zero-order valence-electron chi connectivity index (χ0n) is 12.0. The lowest BCUT2D eigenvalue weighted by Crippen LogP contribution is -2.21. The molecule has 0 amide bonds. The predicted molar refractivity (Wildman–Crippen MR) is 84.3 cm³/mol. The number of rotatable bonds is 5. The number of hydrogen-bond donors (Lipinski definition) is 1. The van der Waals surface area contributed by atoms with E-state index < -0.39 is 0 Å². The molecule has 3 nitrogen and oxygen atoms in total. The lowest BCUT2D eigenvalue weighted by Gasteiger charge is -2.19. The highest BCUT2D eigenvalue weighted by Gasteiger charge is 2.14. The standard InChI is InChI=1S/C15H19Cl2N3/c1-4-15(13-6-5-12(16)7-14(13)17)18-8-11-9-19-20(3)10(11)2/h5-7,9,15,18H,4,8H2,1-3H3. The second kappa shape index (κ2) is 6.61. The van der Waals surface area contributed by atoms with Gasteiger partial charge in [0, 0.05) is 40.9 Å². The van der Waals surface area contributed by atoms with Crippen LogP contribution in [-0.4, -0.2) is 9.78 Å². The van der Waals surface area contributed by atoms with Gasteiger partial charge in [-0.3, -0.25) is 4.68 Å². The third kappa shape index (κ3) is 3.35. The van der Waals surface area contributed by atoms with Crippen molar-refractivity contribution in [1.82, 2.24) is 15.1 Å². The minimum Gasteiger partial charge on any atom is -0.306 e. The van der Waals surface area contributed by atoms with Gasteiger partial charge in [0.15, 0.2) is 0 Å². The van der Waals surface area contributed by atoms with Gasteiger partial charge in [-0.2, -0.15) is 5.10 Å². The third-order valence-corrected chi connectivity index (χ3v) is 4.18. The maximum Gasteiger partial charge on any atom is 0.0537 e. The lowest BCUT2D eigenvalue weighted by atomic mass is 10.0. The van der Waals surface area contributed by atoms with Crippen LogP contribution in [0.1, 0.15) is 36.2 Å². The summed E-state index contributed by atoms with van der Waals surface area (Å²) in [7, 11) is 1.95. The van der Waals surface area contributed by atoms with Crippen LogP contribution in [0.15, 0.2) is 24.4 Å². The van der Waals surface area contributed by atoms with Crippen molar-refractivity contribution in [3.63, 3.8) is 0 Å². The van der Waals surface area contributed by atoms with E-state index in [1.54, 1.807) is 6.07 Å². The number of nitrogens with zero attached hydrogens (tertiary/aromatic N) is 2. The first-order valence-corrected chi connectivity index (χ1v) is 7.44. The molecule has 1 aromatic heterocycles. The van der Waals surface area contributed by atoms with Crippen molar-refractivity contribution in [2.75, 3.05) is 0 Å². The smallest absolute Gasteiger partial charge is 0.0537 e. The SMILES string of the molecule is CCC(NCc1cnn(C)c1C)c1ccc(Cl)cc1Cl. The van der Waals surface area contributed by atoms with E-state index in [2.05, 4.69) is 24.3 Å². The molecule has 5 heteroatoms. The van der Waals surface area contributed by atoms with Gasteiger partial charge < -0.3 is 5.32 Å². The van der Waals surface area contributed by atoms with Crippen LogP contribution in [0.5, 0.6) is 0 Å². The molecule has 0 aliphatic heterocycles. The fourth-order valence-corrected chi connectivity index (χ4v) is 2.75. The Morgan fingerprint density at radius 3 is 2.65 bits per heavy atom. The Labute approximate surface area is 129 Å². The molecule has 0 spiro atoms. The van der Waals surface area contributed by atoms with Crippen molar-refractivity contribution in [3.05, 3.63) is 51.3 Å². The maximum atomic E-state index is 6.28. The number of hydrogen-bond acceptors (Lipinski definition) is 2. The number of benzene rings is 1. The molecule has 0 aliphatic rings. The van der Waals surface area contributed by atoms with Gasteiger partial charge in [-0.05, 0) is 31.0 Å². The summed E-state index contributed by atoms with van der Waals surface area (Å²) in [5, 5.41) is 9.16. The molecular formula is C15H19Cl2N3. The minimum atomic E-state index is 0.208. The van der Waals surface area contributed by atoms with E-state index in [0.29, 0.717) is 10.0 Å². The third-order valence-electron chi connectivity index (χ3n) is 3.62. The van der Waals surface area contributed by atoms with Crippen molar-refractivity contribution in [1.29, 1.82) is 0 Å². The Hall–Kier alpha value is -1.03. The van der Waals surface area contributed by atoms with E-state index in [0.717, 1.165) is 18.5 Å². The van der Waals surface area contributed by atoms with Gasteiger partial charge in [-0.1, -0.05) is 36.2 Å². The molecule has 0 saturated carbocycles. The minimum absolute atomic E-state index is 0.208. The quantitative estimate of drug-likeness (QED) is 0.893. The van der Waals surface area contributed by atoms with Crippen LogP contribution in [0.25, 0.3) is 0 Å². The van der Waals surface area contributed by atoms with Crippen LogP contribution >= 0.6 is 23.2 Å². The Morgan fingerprint density at radius 1 is 1.35 bits per heavy atom. The zero-order valence-corrected chi connectivity index (χ0v) is 13.5. The second-order valence-electron chi connectivity index (χ2n) is 4.89. The molecule has 20 heavy (non-hydrogen) atoms. The first-order valence-electron chi connectivity index (χ1n) is 6.68. The lowest BCUT2D eigenvalue weighted by molar-refractivity contribution is 0.518. The summed E-state index contributed by atoms with van der Waals surface area (Å²) < 4.78 is 1.88. The van der Waals surface area contributed by atoms with E-state index in [1.165, 1.54) is 11.3 Å². The Bertz CT molecular complexity index is 593. The van der Waals surface area contributed by atoms with E-state index in [4.69, 9.17) is 23.2 Å². The van der Waals surface area contributed by atoms with Crippen molar-refractivity contribution in [3.8, 4) is 0 Å². The van der Waals surface area contributed by atoms with Crippen LogP contribution in [-0.2, 0) is 13.6 Å². The highest BCUT2D eigenvalue weighted by atomic mass is 35.5. The molecular weight excluding hydrogens is 293 g/mol. The summed E-state index contributed by atoms with van der Waals surface area (Å²) in [6.07, 6.45) is 2.86. The molecule has 0 radical (unpaired) electrons. The monoisotopic (exact) mass is 311 g/mol. The van der Waals surface area contributed by atoms with Crippen LogP contribution < -0.4 is 5.32 Å². The normalized spacial score (nSPS) is 12.7. The van der Waals surface area contributed by atoms with Gasteiger partial charge in [-0.25, -0.2) is 0 Å². The van der Waals surface area contributed by atoms with Crippen molar-refractivity contribution in [2.45, 2.75) is 32.9 Å². The van der Waals surface area contributed by atoms with Gasteiger partial charge in [0.25, 0.3) is 0 Å². The number of halogens is 2. The zero-order chi connectivity index (χ0) is 14.7. The van der Waals surface area contributed by atoms with E-state index in [-0.39, 0.29) is 6.04 Å². The van der Waals surface area contributed by atoms with Gasteiger partial charge in [0.1, 0.15) is 0 Å². The molecule has 1 N–H and O–H groups in total. The van der Waals surface area contributed by atoms with Crippen molar-refractivity contribution in [2.24, 2.45) is 7.05 Å². The molecule has 1 unspecified atom stereocenters. The van der Waals surface area contributed by atoms with E-state index in [9.17, 15) is 0 Å². The molecule has 0 fully saturated rings. The number of aromatic nitrogens is 2. The summed E-state index contributed by atoms with van der Waals surface area (Å²) in [5.74, 6) is 0. The van der Waals surface area contributed by atoms with Crippen molar-refractivity contribution < 1.29 is 0 Å². The summed E-state index contributed by atoms with van der Waals surface area (Å²) >= 11 is 12.2. The maximum absolute atomic E-state index is 6.28. The first kappa shape index (κ1) is 15.4. The fourth-order valence-electron chi connectivity index (χ4n) is 2.21. The summed E-state index contributed by atoms with van der Waals surface area (Å²) in [5.41, 5.74) is 3.46. The largest absolute Gasteiger partial charge is 0.306 e. The Kier molecular flexibility index (Phi) is 5.08. The first-order chi connectivity index (χ1) is 9.52. The average Bonchev–Trinajstić information content (AvgIpc) is 2.73. The summed E-state index contributed by atoms with van der Waals surface area (Å²) in [4.78, 5) is 0. The molecule has 0 bridgehead atoms. The second-order valence-corrected chi connectivity index (χ2v) is 5.73. The van der Waals surface area contributed by atoms with Crippen molar-refractivity contribution >= 4 is 23.2 Å². The molecule has 2 aromatic rings. The summed E-state index contributed by atoms with van der Waals surface area (Å²) in [6, 6.07) is 5.86. The molecule has 0 saturated heterocycles. The average molecular weight is 312 g/mol. The summed E-state index contributed by atoms with van der Waals surface area (Å²) in [6.45, 7) is 4.98. The predicted octanol–water partition coefficient (Wildman–Crippen LogP) is 4.28. The Balaban J connectivity index is 2.11. The van der Waals surface area contributed by atoms with E-state index in [1.807, 2.05) is 30.1 Å². The highest BCUT2D eigenvalue weighted by Crippen LogP contribution is 2.28. The molecule has 1 aromatic carbocycles. The van der Waals surface area contributed by atoms with Crippen LogP contribution in [0.4, 0.5) is 0 Å². The van der Waals surface area contributed by atoms with Crippen LogP contribution in [0.3, 0.4) is 0 Å². The van der Waals surface area contributed by atoms with E-state index >= 15 is 0 Å². The highest BCUT2D eigenvalue weighted by molar-refractivity contribution is 6.35. The topological polar surface area (TPSA) is 29.9 Å². The van der Waals surface area contributed by atoms with Gasteiger partial charge >= 0.3 is 0 Å². The molecule has 0 aliphatic carbocycles. The van der Waals surface area contributed by atoms with Gasteiger partial charge in [-0.15, -0.1) is 0 Å². The fraction of sp³-hybridized carbons (Fsp3) is 0.400. The number of nitrogens with one attached hydrogen (secondary N) is 1. The Morgan fingerprint density at radius 2 is 2.10 bits per heavy atom. The van der Waals surface area contributed by atoms with Gasteiger partial charge in [0.05, 0.1) is 6.20 Å².